The molecule has 0 spiro atoms. The van der Waals surface area contributed by atoms with Crippen molar-refractivity contribution in [3.63, 3.8) is 0 Å². The van der Waals surface area contributed by atoms with E-state index in [1.807, 2.05) is 6.92 Å². The lowest BCUT2D eigenvalue weighted by molar-refractivity contribution is -0.139. The molecule has 4 heteroatoms. The maximum absolute atomic E-state index is 11.0. The van der Waals surface area contributed by atoms with Crippen LogP contribution in [0.3, 0.4) is 0 Å². The Morgan fingerprint density at radius 3 is 2.92 bits per heavy atom. The van der Waals surface area contributed by atoms with E-state index >= 15 is 0 Å². The number of hydrogen-bond donors (Lipinski definition) is 1. The molecule has 1 atom stereocenters. The molecule has 0 aromatic rings. The Bertz CT molecular complexity index is 159. The Morgan fingerprint density at radius 1 is 1.75 bits per heavy atom. The van der Waals surface area contributed by atoms with Crippen LogP contribution in [-0.2, 0) is 4.79 Å². The van der Waals surface area contributed by atoms with E-state index in [4.69, 9.17) is 5.11 Å². The predicted molar refractivity (Wildman–Crippen MR) is 55.1 cm³/mol. The molecule has 0 amide bonds. The first-order chi connectivity index (χ1) is 5.71. The Hall–Kier alpha value is 0.170. The quantitative estimate of drug-likeness (QED) is 0.767. The second kappa shape index (κ2) is 4.42. The molecule has 1 aliphatic rings. The van der Waals surface area contributed by atoms with Crippen molar-refractivity contribution in [1.29, 1.82) is 0 Å². The highest BCUT2D eigenvalue weighted by atomic mass is 32.2. The Balaban J connectivity index is 2.63. The van der Waals surface area contributed by atoms with E-state index < -0.39 is 10.7 Å². The van der Waals surface area contributed by atoms with E-state index in [1.54, 1.807) is 23.5 Å². The van der Waals surface area contributed by atoms with Crippen LogP contribution in [0.2, 0.25) is 0 Å². The third-order valence-electron chi connectivity index (χ3n) is 2.01. The number of rotatable bonds is 3. The summed E-state index contributed by atoms with van der Waals surface area (Å²) in [5, 5.41) is 9.09. The largest absolute Gasteiger partial charge is 0.480 e. The Morgan fingerprint density at radius 2 is 2.50 bits per heavy atom. The number of hydrogen-bond acceptors (Lipinski definition) is 3. The minimum absolute atomic E-state index is 0.475. The number of carbonyl (C=O) groups is 1. The molecule has 0 radical (unpaired) electrons. The fraction of sp³-hybridized carbons (Fsp3) is 0.875. The molecule has 1 rings (SSSR count). The highest BCUT2D eigenvalue weighted by Gasteiger charge is 2.39. The first-order valence-electron chi connectivity index (χ1n) is 4.16. The first kappa shape index (κ1) is 10.3. The van der Waals surface area contributed by atoms with Crippen molar-refractivity contribution in [1.82, 2.24) is 0 Å². The fourth-order valence-corrected chi connectivity index (χ4v) is 4.03. The van der Waals surface area contributed by atoms with Gasteiger partial charge in [0.2, 0.25) is 0 Å². The summed E-state index contributed by atoms with van der Waals surface area (Å²) in [5.41, 5.74) is 0. The van der Waals surface area contributed by atoms with Crippen molar-refractivity contribution in [2.75, 3.05) is 17.3 Å². The second-order valence-corrected chi connectivity index (χ2v) is 5.64. The van der Waals surface area contributed by atoms with Crippen molar-refractivity contribution in [2.24, 2.45) is 0 Å². The number of carboxylic acids is 1. The highest BCUT2D eigenvalue weighted by molar-refractivity contribution is 8.04. The molecule has 0 saturated carbocycles. The summed E-state index contributed by atoms with van der Waals surface area (Å²) in [6.45, 7) is 2.02. The van der Waals surface area contributed by atoms with Crippen molar-refractivity contribution in [3.05, 3.63) is 0 Å². The van der Waals surface area contributed by atoms with Crippen LogP contribution in [-0.4, -0.2) is 33.1 Å². The van der Waals surface area contributed by atoms with Gasteiger partial charge >= 0.3 is 5.97 Å². The summed E-state index contributed by atoms with van der Waals surface area (Å²) in [6.07, 6.45) is 1.89. The molecule has 1 saturated heterocycles. The lowest BCUT2D eigenvalue weighted by Gasteiger charge is -2.31. The van der Waals surface area contributed by atoms with Gasteiger partial charge in [-0.05, 0) is 24.3 Å². The van der Waals surface area contributed by atoms with Crippen molar-refractivity contribution in [2.45, 2.75) is 24.5 Å². The fourth-order valence-electron chi connectivity index (χ4n) is 1.39. The summed E-state index contributed by atoms with van der Waals surface area (Å²) in [7, 11) is 0. The lowest BCUT2D eigenvalue weighted by atomic mass is 10.1. The first-order valence-corrected chi connectivity index (χ1v) is 6.30. The molecule has 0 aromatic heterocycles. The summed E-state index contributed by atoms with van der Waals surface area (Å²) in [4.78, 5) is 11.0. The van der Waals surface area contributed by atoms with Gasteiger partial charge in [-0.1, -0.05) is 6.92 Å². The van der Waals surface area contributed by atoms with Crippen LogP contribution in [0, 0.1) is 0 Å². The molecular formula is C8H14O2S2. The molecule has 12 heavy (non-hydrogen) atoms. The standard InChI is InChI=1S/C8H14O2S2/c1-2-12-8(7(9)10)4-3-5-11-6-8/h2-6H2,1H3,(H,9,10). The molecule has 1 N–H and O–H groups in total. The lowest BCUT2D eigenvalue weighted by Crippen LogP contribution is -2.40. The van der Waals surface area contributed by atoms with Gasteiger partial charge in [0.25, 0.3) is 0 Å². The third kappa shape index (κ3) is 2.10. The molecule has 1 unspecified atom stereocenters. The van der Waals surface area contributed by atoms with Crippen LogP contribution < -0.4 is 0 Å². The number of carboxylic acid groups (broad SMARTS) is 1. The molecule has 2 nitrogen and oxygen atoms in total. The maximum Gasteiger partial charge on any atom is 0.320 e. The van der Waals surface area contributed by atoms with Crippen LogP contribution in [0.15, 0.2) is 0 Å². The smallest absolute Gasteiger partial charge is 0.320 e. The van der Waals surface area contributed by atoms with Crippen molar-refractivity contribution >= 4 is 29.5 Å². The summed E-state index contributed by atoms with van der Waals surface area (Å²) < 4.78 is -0.475. The zero-order valence-corrected chi connectivity index (χ0v) is 8.84. The van der Waals surface area contributed by atoms with Gasteiger partial charge in [0, 0.05) is 5.75 Å². The van der Waals surface area contributed by atoms with Gasteiger partial charge in [-0.3, -0.25) is 4.79 Å². The van der Waals surface area contributed by atoms with Gasteiger partial charge in [0.05, 0.1) is 0 Å². The van der Waals surface area contributed by atoms with Crippen LogP contribution in [0.1, 0.15) is 19.8 Å². The molecule has 0 bridgehead atoms. The van der Waals surface area contributed by atoms with Crippen LogP contribution in [0.25, 0.3) is 0 Å². The third-order valence-corrected chi connectivity index (χ3v) is 4.84. The Labute approximate surface area is 81.5 Å². The van der Waals surface area contributed by atoms with E-state index in [0.29, 0.717) is 0 Å². The van der Waals surface area contributed by atoms with E-state index in [2.05, 4.69) is 0 Å². The van der Waals surface area contributed by atoms with E-state index in [0.717, 1.165) is 30.1 Å². The maximum atomic E-state index is 11.0. The molecule has 1 aliphatic heterocycles. The molecule has 1 heterocycles. The number of aliphatic carboxylic acids is 1. The summed E-state index contributed by atoms with van der Waals surface area (Å²) in [5.74, 6) is 2.18. The molecular weight excluding hydrogens is 192 g/mol. The second-order valence-electron chi connectivity index (χ2n) is 2.89. The topological polar surface area (TPSA) is 37.3 Å². The summed E-state index contributed by atoms with van der Waals surface area (Å²) in [6, 6.07) is 0. The van der Waals surface area contributed by atoms with Crippen LogP contribution in [0.5, 0.6) is 0 Å². The van der Waals surface area contributed by atoms with Gasteiger partial charge in [-0.2, -0.15) is 11.8 Å². The van der Waals surface area contributed by atoms with Crippen LogP contribution in [0.4, 0.5) is 0 Å². The van der Waals surface area contributed by atoms with Crippen LogP contribution >= 0.6 is 23.5 Å². The molecule has 0 aromatic carbocycles. The van der Waals surface area contributed by atoms with E-state index in [9.17, 15) is 4.79 Å². The highest BCUT2D eigenvalue weighted by Crippen LogP contribution is 2.38. The average Bonchev–Trinajstić information content (AvgIpc) is 2.06. The average molecular weight is 206 g/mol. The summed E-state index contributed by atoms with van der Waals surface area (Å²) >= 11 is 3.36. The van der Waals surface area contributed by atoms with Gasteiger partial charge in [-0.25, -0.2) is 0 Å². The molecule has 1 fully saturated rings. The zero-order chi connectivity index (χ0) is 9.03. The Kier molecular flexibility index (Phi) is 3.77. The predicted octanol–water partition coefficient (Wildman–Crippen LogP) is 2.09. The zero-order valence-electron chi connectivity index (χ0n) is 7.21. The minimum Gasteiger partial charge on any atom is -0.480 e. The van der Waals surface area contributed by atoms with Gasteiger partial charge in [-0.15, -0.1) is 11.8 Å². The SMILES string of the molecule is CCSC1(C(=O)O)CCCSC1. The monoisotopic (exact) mass is 206 g/mol. The van der Waals surface area contributed by atoms with Crippen molar-refractivity contribution < 1.29 is 9.90 Å². The molecule has 0 aliphatic carbocycles. The van der Waals surface area contributed by atoms with Gasteiger partial charge < -0.3 is 5.11 Å². The van der Waals surface area contributed by atoms with Gasteiger partial charge in [0.1, 0.15) is 4.75 Å². The van der Waals surface area contributed by atoms with E-state index in [-0.39, 0.29) is 0 Å². The van der Waals surface area contributed by atoms with E-state index in [1.165, 1.54) is 0 Å². The number of thioether (sulfide) groups is 2. The van der Waals surface area contributed by atoms with Crippen molar-refractivity contribution in [3.8, 4) is 0 Å². The molecule has 70 valence electrons. The minimum atomic E-state index is -0.624. The normalized spacial score (nSPS) is 30.1. The van der Waals surface area contributed by atoms with Gasteiger partial charge in [0.15, 0.2) is 0 Å².